The highest BCUT2D eigenvalue weighted by Crippen LogP contribution is 2.41. The van der Waals surface area contributed by atoms with Crippen molar-refractivity contribution >= 4 is 29.2 Å². The van der Waals surface area contributed by atoms with Crippen molar-refractivity contribution in [1.29, 1.82) is 0 Å². The van der Waals surface area contributed by atoms with Gasteiger partial charge >= 0.3 is 5.97 Å². The number of nitrogens with one attached hydrogen (secondary N) is 1. The van der Waals surface area contributed by atoms with E-state index >= 15 is 0 Å². The Labute approximate surface area is 159 Å². The topological polar surface area (TPSA) is 71.3 Å². The van der Waals surface area contributed by atoms with Crippen molar-refractivity contribution in [2.24, 2.45) is 0 Å². The fourth-order valence-corrected chi connectivity index (χ4v) is 3.54. The van der Waals surface area contributed by atoms with Gasteiger partial charge in [-0.25, -0.2) is 9.18 Å². The number of carbonyl (C=O) groups is 2. The Kier molecular flexibility index (Phi) is 4.20. The Morgan fingerprint density at radius 2 is 1.81 bits per heavy atom. The van der Waals surface area contributed by atoms with Gasteiger partial charge in [0.15, 0.2) is 0 Å². The van der Waals surface area contributed by atoms with Crippen molar-refractivity contribution in [2.75, 3.05) is 5.32 Å². The van der Waals surface area contributed by atoms with Gasteiger partial charge in [0.25, 0.3) is 0 Å². The first kappa shape index (κ1) is 17.3. The number of nitrogens with zero attached hydrogens (tertiary/aromatic N) is 1. The summed E-state index contributed by atoms with van der Waals surface area (Å²) in [6.07, 6.45) is 1.62. The summed E-state index contributed by atoms with van der Waals surface area (Å²) < 4.78 is 15.0. The molecular formula is C20H14ClFN2O3. The van der Waals surface area contributed by atoms with Gasteiger partial charge in [0.05, 0.1) is 11.4 Å². The fraction of sp³-hybridized carbons (Fsp3) is 0.100. The maximum Gasteiger partial charge on any atom is 0.339 e. The van der Waals surface area contributed by atoms with Gasteiger partial charge in [0.2, 0.25) is 5.91 Å². The van der Waals surface area contributed by atoms with Crippen molar-refractivity contribution in [3.63, 3.8) is 0 Å². The summed E-state index contributed by atoms with van der Waals surface area (Å²) in [7, 11) is 0. The van der Waals surface area contributed by atoms with Gasteiger partial charge in [-0.3, -0.25) is 4.79 Å². The van der Waals surface area contributed by atoms with Crippen LogP contribution in [-0.2, 0) is 4.79 Å². The molecule has 7 heteroatoms. The van der Waals surface area contributed by atoms with E-state index in [9.17, 15) is 19.1 Å². The molecule has 1 aromatic heterocycles. The van der Waals surface area contributed by atoms with Crippen LogP contribution in [0.1, 0.15) is 34.0 Å². The Morgan fingerprint density at radius 3 is 2.44 bits per heavy atom. The summed E-state index contributed by atoms with van der Waals surface area (Å²) in [6.45, 7) is 0. The minimum absolute atomic E-state index is 0.0126. The van der Waals surface area contributed by atoms with Crippen LogP contribution >= 0.6 is 11.6 Å². The summed E-state index contributed by atoms with van der Waals surface area (Å²) in [5.74, 6) is -2.16. The zero-order valence-electron chi connectivity index (χ0n) is 13.9. The number of aromatic carboxylic acids is 1. The third-order valence-electron chi connectivity index (χ3n) is 4.63. The second kappa shape index (κ2) is 6.55. The van der Waals surface area contributed by atoms with Gasteiger partial charge in [-0.2, -0.15) is 0 Å². The van der Waals surface area contributed by atoms with E-state index in [1.165, 1.54) is 18.3 Å². The second-order valence-electron chi connectivity index (χ2n) is 6.31. The number of carboxylic acids is 1. The Balaban J connectivity index is 1.95. The van der Waals surface area contributed by atoms with E-state index in [-0.39, 0.29) is 35.3 Å². The van der Waals surface area contributed by atoms with Crippen molar-refractivity contribution in [2.45, 2.75) is 12.3 Å². The molecule has 4 rings (SSSR count). The van der Waals surface area contributed by atoms with Gasteiger partial charge < -0.3 is 15.0 Å². The first-order valence-corrected chi connectivity index (χ1v) is 8.61. The van der Waals surface area contributed by atoms with Crippen molar-refractivity contribution in [1.82, 2.24) is 4.57 Å². The van der Waals surface area contributed by atoms with Gasteiger partial charge in [0, 0.05) is 29.2 Å². The molecule has 0 fully saturated rings. The van der Waals surface area contributed by atoms with Gasteiger partial charge in [-0.1, -0.05) is 23.7 Å². The zero-order chi connectivity index (χ0) is 19.1. The highest BCUT2D eigenvalue weighted by molar-refractivity contribution is 6.30. The molecule has 0 unspecified atom stereocenters. The third-order valence-corrected chi connectivity index (χ3v) is 4.89. The molecule has 0 bridgehead atoms. The second-order valence-corrected chi connectivity index (χ2v) is 6.75. The van der Waals surface area contributed by atoms with Crippen LogP contribution in [0.25, 0.3) is 5.69 Å². The highest BCUT2D eigenvalue weighted by atomic mass is 35.5. The Morgan fingerprint density at radius 1 is 1.15 bits per heavy atom. The SMILES string of the molecule is O=C1C[C@H](c2ccc(Cl)cc2)c2c(c(C(=O)O)cn2-c2ccc(F)cc2)N1. The zero-order valence-corrected chi connectivity index (χ0v) is 14.7. The first-order chi connectivity index (χ1) is 12.9. The first-order valence-electron chi connectivity index (χ1n) is 8.24. The van der Waals surface area contributed by atoms with Gasteiger partial charge in [-0.15, -0.1) is 0 Å². The number of carbonyl (C=O) groups excluding carboxylic acids is 1. The quantitative estimate of drug-likeness (QED) is 0.701. The number of amides is 1. The average molecular weight is 385 g/mol. The number of hydrogen-bond donors (Lipinski definition) is 2. The summed E-state index contributed by atoms with van der Waals surface area (Å²) in [5, 5.41) is 12.8. The Hall–Kier alpha value is -3.12. The lowest BCUT2D eigenvalue weighted by atomic mass is 9.88. The molecule has 0 saturated carbocycles. The van der Waals surface area contributed by atoms with Crippen LogP contribution in [0.2, 0.25) is 5.02 Å². The maximum atomic E-state index is 13.3. The molecule has 0 radical (unpaired) electrons. The lowest BCUT2D eigenvalue weighted by Crippen LogP contribution is -2.25. The molecule has 136 valence electrons. The fourth-order valence-electron chi connectivity index (χ4n) is 3.42. The molecular weight excluding hydrogens is 371 g/mol. The number of hydrogen-bond acceptors (Lipinski definition) is 2. The molecule has 0 aliphatic carbocycles. The predicted molar refractivity (Wildman–Crippen MR) is 99.2 cm³/mol. The number of anilines is 1. The van der Waals surface area contributed by atoms with E-state index in [2.05, 4.69) is 5.32 Å². The summed E-state index contributed by atoms with van der Waals surface area (Å²) in [5.41, 5.74) is 2.34. The van der Waals surface area contributed by atoms with E-state index in [0.717, 1.165) is 5.56 Å². The van der Waals surface area contributed by atoms with E-state index < -0.39 is 5.97 Å². The third kappa shape index (κ3) is 3.08. The van der Waals surface area contributed by atoms with Crippen LogP contribution in [0.4, 0.5) is 10.1 Å². The normalized spacial score (nSPS) is 15.9. The summed E-state index contributed by atoms with van der Waals surface area (Å²) in [4.78, 5) is 24.0. The standard InChI is InChI=1S/C20H14ClFN2O3/c21-12-3-1-11(2-4-12)15-9-17(25)23-18-16(20(26)27)10-24(19(15)18)14-7-5-13(22)6-8-14/h1-8,10,15H,9H2,(H,23,25)(H,26,27)/t15-/m1/s1. The molecule has 1 amide bonds. The van der Waals surface area contributed by atoms with E-state index in [1.54, 1.807) is 28.8 Å². The molecule has 2 heterocycles. The molecule has 3 aromatic rings. The number of benzene rings is 2. The lowest BCUT2D eigenvalue weighted by molar-refractivity contribution is -0.116. The minimum Gasteiger partial charge on any atom is -0.478 e. The van der Waals surface area contributed by atoms with Crippen LogP contribution < -0.4 is 5.32 Å². The van der Waals surface area contributed by atoms with Crippen molar-refractivity contribution in [3.8, 4) is 5.69 Å². The average Bonchev–Trinajstić information content (AvgIpc) is 3.02. The predicted octanol–water partition coefficient (Wildman–Crippen LogP) is 4.44. The molecule has 27 heavy (non-hydrogen) atoms. The molecule has 0 saturated heterocycles. The van der Waals surface area contributed by atoms with E-state index in [4.69, 9.17) is 11.6 Å². The van der Waals surface area contributed by atoms with Crippen LogP contribution in [0, 0.1) is 5.82 Å². The smallest absolute Gasteiger partial charge is 0.339 e. The molecule has 1 atom stereocenters. The number of aromatic nitrogens is 1. The van der Waals surface area contributed by atoms with Gasteiger partial charge in [-0.05, 0) is 42.0 Å². The number of halogens is 2. The molecule has 5 nitrogen and oxygen atoms in total. The lowest BCUT2D eigenvalue weighted by Gasteiger charge is -2.26. The maximum absolute atomic E-state index is 13.3. The van der Waals surface area contributed by atoms with E-state index in [1.807, 2.05) is 12.1 Å². The van der Waals surface area contributed by atoms with Crippen LogP contribution in [0.5, 0.6) is 0 Å². The minimum atomic E-state index is -1.15. The molecule has 2 aromatic carbocycles. The van der Waals surface area contributed by atoms with Crippen LogP contribution in [0.15, 0.2) is 54.7 Å². The monoisotopic (exact) mass is 384 g/mol. The van der Waals surface area contributed by atoms with Crippen LogP contribution in [0.3, 0.4) is 0 Å². The van der Waals surface area contributed by atoms with Gasteiger partial charge in [0.1, 0.15) is 11.4 Å². The number of rotatable bonds is 3. The molecule has 1 aliphatic rings. The molecule has 2 N–H and O–H groups in total. The summed E-state index contributed by atoms with van der Waals surface area (Å²) in [6, 6.07) is 12.8. The molecule has 1 aliphatic heterocycles. The highest BCUT2D eigenvalue weighted by Gasteiger charge is 2.34. The van der Waals surface area contributed by atoms with Crippen molar-refractivity contribution in [3.05, 3.63) is 82.4 Å². The number of carboxylic acid groups (broad SMARTS) is 1. The molecule has 0 spiro atoms. The van der Waals surface area contributed by atoms with E-state index in [0.29, 0.717) is 16.4 Å². The van der Waals surface area contributed by atoms with Crippen LogP contribution in [-0.4, -0.2) is 21.6 Å². The summed E-state index contributed by atoms with van der Waals surface area (Å²) >= 11 is 5.97. The Bertz CT molecular complexity index is 1040. The number of fused-ring (bicyclic) bond motifs is 1. The van der Waals surface area contributed by atoms with Crippen molar-refractivity contribution < 1.29 is 19.1 Å². The largest absolute Gasteiger partial charge is 0.478 e.